The minimum absolute atomic E-state index is 0.0168. The average Bonchev–Trinajstić information content (AvgIpc) is 2.76. The van der Waals surface area contributed by atoms with Gasteiger partial charge >= 0.3 is 0 Å². The molecule has 1 heterocycles. The van der Waals surface area contributed by atoms with E-state index in [9.17, 15) is 9.59 Å². The van der Waals surface area contributed by atoms with Crippen molar-refractivity contribution < 1.29 is 9.59 Å². The van der Waals surface area contributed by atoms with Crippen LogP contribution in [0.5, 0.6) is 0 Å². The van der Waals surface area contributed by atoms with Crippen LogP contribution in [0.1, 0.15) is 13.8 Å². The summed E-state index contributed by atoms with van der Waals surface area (Å²) in [5, 5.41) is 10.2. The Balaban J connectivity index is 2.29. The Bertz CT molecular complexity index is 400. The van der Waals surface area contributed by atoms with Crippen molar-refractivity contribution >= 4 is 22.8 Å². The fraction of sp³-hybridized carbons (Fsp3) is 0.455. The standard InChI is InChI=1S/C11H15N3O2S/c1-8(5-10-6-13-14-7-10)11(16)17-4-3-12-9(2)15/h5-6H,3-4,7H2,1-2H3,(H,12,15)/b8-5+. The van der Waals surface area contributed by atoms with Crippen LogP contribution in [0.2, 0.25) is 0 Å². The first-order valence-electron chi connectivity index (χ1n) is 5.25. The van der Waals surface area contributed by atoms with Gasteiger partial charge in [0, 0.05) is 24.8 Å². The topological polar surface area (TPSA) is 70.9 Å². The monoisotopic (exact) mass is 253 g/mol. The molecule has 6 heteroatoms. The predicted octanol–water partition coefficient (Wildman–Crippen LogP) is 1.68. The molecule has 0 bridgehead atoms. The molecule has 1 rings (SSSR count). The smallest absolute Gasteiger partial charge is 0.216 e. The molecule has 0 atom stereocenters. The molecule has 17 heavy (non-hydrogen) atoms. The van der Waals surface area contributed by atoms with Crippen molar-refractivity contribution in [1.29, 1.82) is 0 Å². The Hall–Kier alpha value is -1.43. The molecule has 0 radical (unpaired) electrons. The van der Waals surface area contributed by atoms with Gasteiger partial charge in [-0.25, -0.2) is 0 Å². The van der Waals surface area contributed by atoms with Crippen molar-refractivity contribution in [2.75, 3.05) is 18.8 Å². The van der Waals surface area contributed by atoms with Gasteiger partial charge in [-0.1, -0.05) is 11.8 Å². The van der Waals surface area contributed by atoms with Crippen molar-refractivity contribution in [2.24, 2.45) is 10.2 Å². The highest BCUT2D eigenvalue weighted by molar-refractivity contribution is 8.14. The van der Waals surface area contributed by atoms with Crippen LogP contribution in [-0.2, 0) is 9.59 Å². The van der Waals surface area contributed by atoms with E-state index in [1.807, 2.05) is 0 Å². The molecule has 0 saturated heterocycles. The number of azo groups is 1. The second-order valence-electron chi connectivity index (χ2n) is 3.57. The normalized spacial score (nSPS) is 14.7. The first kappa shape index (κ1) is 13.6. The maximum atomic E-state index is 11.7. The number of rotatable bonds is 5. The molecule has 0 unspecified atom stereocenters. The molecular formula is C11H15N3O2S. The molecule has 0 aromatic rings. The Labute approximate surface area is 104 Å². The molecule has 1 aliphatic heterocycles. The van der Waals surface area contributed by atoms with E-state index in [0.29, 0.717) is 24.4 Å². The quantitative estimate of drug-likeness (QED) is 0.598. The van der Waals surface area contributed by atoms with Gasteiger partial charge in [0.15, 0.2) is 0 Å². The highest BCUT2D eigenvalue weighted by atomic mass is 32.2. The number of hydrogen-bond acceptors (Lipinski definition) is 5. The molecule has 0 spiro atoms. The molecule has 0 fully saturated rings. The van der Waals surface area contributed by atoms with Crippen LogP contribution in [0.4, 0.5) is 0 Å². The molecule has 0 aromatic carbocycles. The van der Waals surface area contributed by atoms with Gasteiger partial charge in [-0.2, -0.15) is 10.2 Å². The van der Waals surface area contributed by atoms with E-state index in [1.54, 1.807) is 19.2 Å². The Morgan fingerprint density at radius 2 is 2.29 bits per heavy atom. The lowest BCUT2D eigenvalue weighted by molar-refractivity contribution is -0.118. The molecule has 92 valence electrons. The van der Waals surface area contributed by atoms with Gasteiger partial charge in [-0.15, -0.1) is 0 Å². The highest BCUT2D eigenvalue weighted by Gasteiger charge is 2.07. The zero-order valence-electron chi connectivity index (χ0n) is 9.90. The third-order valence-electron chi connectivity index (χ3n) is 1.99. The minimum atomic E-state index is -0.0790. The first-order chi connectivity index (χ1) is 8.09. The van der Waals surface area contributed by atoms with E-state index in [2.05, 4.69) is 15.5 Å². The third kappa shape index (κ3) is 5.44. The summed E-state index contributed by atoms with van der Waals surface area (Å²) in [5.74, 6) is 0.502. The lowest BCUT2D eigenvalue weighted by Crippen LogP contribution is -2.22. The number of hydrogen-bond donors (Lipinski definition) is 1. The largest absolute Gasteiger partial charge is 0.356 e. The van der Waals surface area contributed by atoms with E-state index in [4.69, 9.17) is 0 Å². The molecule has 0 saturated carbocycles. The van der Waals surface area contributed by atoms with Crippen LogP contribution < -0.4 is 5.32 Å². The lowest BCUT2D eigenvalue weighted by Gasteiger charge is -2.02. The van der Waals surface area contributed by atoms with Gasteiger partial charge in [0.25, 0.3) is 0 Å². The summed E-state index contributed by atoms with van der Waals surface area (Å²) < 4.78 is 0. The Morgan fingerprint density at radius 1 is 1.53 bits per heavy atom. The van der Waals surface area contributed by atoms with Gasteiger partial charge in [0.05, 0.1) is 12.7 Å². The summed E-state index contributed by atoms with van der Waals surface area (Å²) in [6.07, 6.45) is 3.45. The van der Waals surface area contributed by atoms with Gasteiger partial charge in [0.2, 0.25) is 11.0 Å². The van der Waals surface area contributed by atoms with Crippen LogP contribution in [0.25, 0.3) is 0 Å². The molecular weight excluding hydrogens is 238 g/mol. The van der Waals surface area contributed by atoms with Crippen molar-refractivity contribution in [1.82, 2.24) is 5.32 Å². The predicted molar refractivity (Wildman–Crippen MR) is 67.7 cm³/mol. The molecule has 1 aliphatic rings. The zero-order valence-corrected chi connectivity index (χ0v) is 10.7. The highest BCUT2D eigenvalue weighted by Crippen LogP contribution is 2.14. The van der Waals surface area contributed by atoms with Crippen LogP contribution in [0.15, 0.2) is 33.7 Å². The van der Waals surface area contributed by atoms with Gasteiger partial charge in [-0.3, -0.25) is 9.59 Å². The minimum Gasteiger partial charge on any atom is -0.356 e. The summed E-state index contributed by atoms with van der Waals surface area (Å²) in [7, 11) is 0. The number of nitrogens with zero attached hydrogens (tertiary/aromatic N) is 2. The summed E-state index contributed by atoms with van der Waals surface area (Å²) in [5.41, 5.74) is 1.62. The van der Waals surface area contributed by atoms with Gasteiger partial charge in [-0.05, 0) is 18.6 Å². The summed E-state index contributed by atoms with van der Waals surface area (Å²) in [4.78, 5) is 22.3. The van der Waals surface area contributed by atoms with Crippen LogP contribution in [-0.4, -0.2) is 29.9 Å². The van der Waals surface area contributed by atoms with Crippen molar-refractivity contribution in [3.63, 3.8) is 0 Å². The third-order valence-corrected chi connectivity index (χ3v) is 2.98. The van der Waals surface area contributed by atoms with Gasteiger partial charge < -0.3 is 5.32 Å². The number of carbonyl (C=O) groups is 2. The molecule has 0 aliphatic carbocycles. The SMILES string of the molecule is CC(=O)NCCSC(=O)/C(C)=C/C1=CN=NC1. The molecule has 5 nitrogen and oxygen atoms in total. The van der Waals surface area contributed by atoms with Crippen molar-refractivity contribution in [3.05, 3.63) is 23.4 Å². The van der Waals surface area contributed by atoms with E-state index >= 15 is 0 Å². The number of carbonyl (C=O) groups excluding carboxylic acids is 2. The molecule has 1 amide bonds. The first-order valence-corrected chi connectivity index (χ1v) is 6.23. The van der Waals surface area contributed by atoms with Crippen LogP contribution >= 0.6 is 11.8 Å². The molecule has 0 aromatic heterocycles. The van der Waals surface area contributed by atoms with Crippen molar-refractivity contribution in [3.8, 4) is 0 Å². The van der Waals surface area contributed by atoms with E-state index in [0.717, 1.165) is 5.57 Å². The van der Waals surface area contributed by atoms with Crippen LogP contribution in [0.3, 0.4) is 0 Å². The lowest BCUT2D eigenvalue weighted by atomic mass is 10.2. The number of amides is 1. The number of thioether (sulfide) groups is 1. The van der Waals surface area contributed by atoms with Gasteiger partial charge in [0.1, 0.15) is 0 Å². The maximum Gasteiger partial charge on any atom is 0.216 e. The maximum absolute atomic E-state index is 11.7. The van der Waals surface area contributed by atoms with Crippen LogP contribution in [0, 0.1) is 0 Å². The second kappa shape index (κ2) is 7.01. The average molecular weight is 253 g/mol. The fourth-order valence-corrected chi connectivity index (χ4v) is 1.86. The summed E-state index contributed by atoms with van der Waals surface area (Å²) >= 11 is 1.20. The van der Waals surface area contributed by atoms with Crippen molar-refractivity contribution in [2.45, 2.75) is 13.8 Å². The zero-order chi connectivity index (χ0) is 12.7. The van der Waals surface area contributed by atoms with E-state index < -0.39 is 0 Å². The molecule has 1 N–H and O–H groups in total. The Kier molecular flexibility index (Phi) is 5.62. The number of nitrogens with one attached hydrogen (secondary N) is 1. The fourth-order valence-electron chi connectivity index (χ4n) is 1.18. The Morgan fingerprint density at radius 3 is 2.88 bits per heavy atom. The summed E-state index contributed by atoms with van der Waals surface area (Å²) in [6.45, 7) is 4.28. The summed E-state index contributed by atoms with van der Waals surface area (Å²) in [6, 6.07) is 0. The van der Waals surface area contributed by atoms with E-state index in [-0.39, 0.29) is 11.0 Å². The van der Waals surface area contributed by atoms with E-state index in [1.165, 1.54) is 18.7 Å². The second-order valence-corrected chi connectivity index (χ2v) is 4.63.